The van der Waals surface area contributed by atoms with Crippen LogP contribution in [-0.2, 0) is 0 Å². The molecule has 148 valence electrons. The van der Waals surface area contributed by atoms with E-state index in [9.17, 15) is 0 Å². The minimum absolute atomic E-state index is 0.0607. The Morgan fingerprint density at radius 2 is 1.90 bits per heavy atom. The molecule has 0 aliphatic carbocycles. The highest BCUT2D eigenvalue weighted by molar-refractivity contribution is 5.73. The molecule has 29 heavy (non-hydrogen) atoms. The predicted octanol–water partition coefficient (Wildman–Crippen LogP) is 3.98. The smallest absolute Gasteiger partial charge is 0.166 e. The number of hydrogen-bond donors (Lipinski definition) is 0. The molecule has 4 aromatic rings. The van der Waals surface area contributed by atoms with Crippen LogP contribution in [0.15, 0.2) is 42.9 Å². The van der Waals surface area contributed by atoms with Gasteiger partial charge in [0.15, 0.2) is 17.1 Å². The molecule has 0 radical (unpaired) electrons. The summed E-state index contributed by atoms with van der Waals surface area (Å²) in [5.74, 6) is 2.46. The molecule has 1 unspecified atom stereocenters. The third-order valence-electron chi connectivity index (χ3n) is 5.36. The Hall–Kier alpha value is -3.35. The maximum Gasteiger partial charge on any atom is 0.166 e. The summed E-state index contributed by atoms with van der Waals surface area (Å²) < 4.78 is 15.6. The summed E-state index contributed by atoms with van der Waals surface area (Å²) >= 11 is 0. The minimum atomic E-state index is 0.0607. The summed E-state index contributed by atoms with van der Waals surface area (Å²) in [4.78, 5) is 9.34. The zero-order valence-electron chi connectivity index (χ0n) is 16.8. The topological polar surface area (TPSA) is 66.5 Å². The predicted molar refractivity (Wildman–Crippen MR) is 110 cm³/mol. The van der Waals surface area contributed by atoms with E-state index >= 15 is 0 Å². The van der Waals surface area contributed by atoms with Crippen molar-refractivity contribution in [2.75, 3.05) is 13.2 Å². The molecule has 0 amide bonds. The van der Waals surface area contributed by atoms with Crippen molar-refractivity contribution >= 4 is 5.65 Å². The molecule has 0 saturated heterocycles. The Morgan fingerprint density at radius 1 is 1.07 bits per heavy atom. The highest BCUT2D eigenvalue weighted by Crippen LogP contribution is 2.35. The van der Waals surface area contributed by atoms with E-state index in [0.717, 1.165) is 51.9 Å². The molecule has 1 atom stereocenters. The maximum atomic E-state index is 5.87. The van der Waals surface area contributed by atoms with Crippen LogP contribution >= 0.6 is 0 Å². The fourth-order valence-corrected chi connectivity index (χ4v) is 3.86. The number of imidazole rings is 1. The lowest BCUT2D eigenvalue weighted by atomic mass is 10.1. The fraction of sp³-hybridized carbons (Fsp3) is 0.318. The van der Waals surface area contributed by atoms with E-state index < -0.39 is 0 Å². The van der Waals surface area contributed by atoms with Gasteiger partial charge in [-0.05, 0) is 44.5 Å². The van der Waals surface area contributed by atoms with E-state index in [1.165, 1.54) is 0 Å². The lowest BCUT2D eigenvalue weighted by molar-refractivity contribution is 0.297. The van der Waals surface area contributed by atoms with E-state index in [1.807, 2.05) is 49.1 Å². The molecule has 1 aliphatic rings. The van der Waals surface area contributed by atoms with Crippen molar-refractivity contribution in [1.82, 2.24) is 24.1 Å². The molecule has 1 aromatic carbocycles. The van der Waals surface area contributed by atoms with Gasteiger partial charge in [-0.25, -0.2) is 14.5 Å². The molecule has 7 nitrogen and oxygen atoms in total. The molecule has 4 heterocycles. The van der Waals surface area contributed by atoms with Crippen LogP contribution in [0, 0.1) is 13.8 Å². The molecule has 0 N–H and O–H groups in total. The number of aromatic nitrogens is 5. The van der Waals surface area contributed by atoms with Crippen LogP contribution < -0.4 is 9.47 Å². The monoisotopic (exact) mass is 389 g/mol. The van der Waals surface area contributed by atoms with Gasteiger partial charge in [-0.2, -0.15) is 5.10 Å². The Balaban J connectivity index is 1.57. The van der Waals surface area contributed by atoms with Gasteiger partial charge in [0.25, 0.3) is 0 Å². The molecular weight excluding hydrogens is 366 g/mol. The van der Waals surface area contributed by atoms with Gasteiger partial charge in [0.05, 0.1) is 31.0 Å². The zero-order valence-corrected chi connectivity index (χ0v) is 16.8. The van der Waals surface area contributed by atoms with E-state index in [-0.39, 0.29) is 6.04 Å². The second-order valence-corrected chi connectivity index (χ2v) is 7.42. The molecule has 5 rings (SSSR count). The Morgan fingerprint density at radius 3 is 2.76 bits per heavy atom. The molecule has 0 bridgehead atoms. The first-order valence-electron chi connectivity index (χ1n) is 9.86. The van der Waals surface area contributed by atoms with Crippen molar-refractivity contribution in [1.29, 1.82) is 0 Å². The second kappa shape index (κ2) is 6.92. The minimum Gasteiger partial charge on any atom is -0.490 e. The van der Waals surface area contributed by atoms with Crippen molar-refractivity contribution in [3.63, 3.8) is 0 Å². The molecular formula is C22H23N5O2. The van der Waals surface area contributed by atoms with Gasteiger partial charge in [0, 0.05) is 30.2 Å². The number of benzene rings is 1. The number of rotatable bonds is 3. The number of aryl methyl sites for hydroxylation is 2. The summed E-state index contributed by atoms with van der Waals surface area (Å²) in [5.41, 5.74) is 4.88. The summed E-state index contributed by atoms with van der Waals surface area (Å²) in [6.45, 7) is 7.55. The van der Waals surface area contributed by atoms with Crippen LogP contribution in [0.5, 0.6) is 11.5 Å². The van der Waals surface area contributed by atoms with Crippen molar-refractivity contribution in [2.45, 2.75) is 33.2 Å². The van der Waals surface area contributed by atoms with Crippen LogP contribution in [0.3, 0.4) is 0 Å². The first kappa shape index (κ1) is 17.7. The molecule has 0 fully saturated rings. The van der Waals surface area contributed by atoms with Gasteiger partial charge in [-0.15, -0.1) is 0 Å². The molecule has 1 aliphatic heterocycles. The van der Waals surface area contributed by atoms with Crippen LogP contribution in [0.4, 0.5) is 0 Å². The first-order chi connectivity index (χ1) is 14.1. The van der Waals surface area contributed by atoms with Gasteiger partial charge in [-0.3, -0.25) is 0 Å². The van der Waals surface area contributed by atoms with E-state index in [4.69, 9.17) is 14.5 Å². The van der Waals surface area contributed by atoms with Crippen LogP contribution in [0.25, 0.3) is 17.0 Å². The summed E-state index contributed by atoms with van der Waals surface area (Å²) in [6, 6.07) is 8.23. The first-order valence-corrected chi connectivity index (χ1v) is 9.86. The SMILES string of the molecule is Cc1cc(C)n2ncc(-c3nccn3C(C)c3ccc4c(c3)OCCCO4)c2n1. The van der Waals surface area contributed by atoms with E-state index in [2.05, 4.69) is 33.7 Å². The maximum absolute atomic E-state index is 5.87. The highest BCUT2D eigenvalue weighted by Gasteiger charge is 2.20. The third-order valence-corrected chi connectivity index (χ3v) is 5.36. The van der Waals surface area contributed by atoms with Gasteiger partial charge in [-0.1, -0.05) is 6.07 Å². The normalized spacial score (nSPS) is 14.7. The Labute approximate surface area is 168 Å². The zero-order chi connectivity index (χ0) is 20.0. The quantitative estimate of drug-likeness (QED) is 0.530. The molecule has 0 spiro atoms. The molecule has 3 aromatic heterocycles. The van der Waals surface area contributed by atoms with Gasteiger partial charge in [0.2, 0.25) is 0 Å². The Kier molecular flexibility index (Phi) is 4.23. The second-order valence-electron chi connectivity index (χ2n) is 7.42. The summed E-state index contributed by atoms with van der Waals surface area (Å²) in [5, 5.41) is 4.52. The average Bonchev–Trinajstić information content (AvgIpc) is 3.28. The number of ether oxygens (including phenoxy) is 2. The van der Waals surface area contributed by atoms with Gasteiger partial charge < -0.3 is 14.0 Å². The van der Waals surface area contributed by atoms with Gasteiger partial charge >= 0.3 is 0 Å². The summed E-state index contributed by atoms with van der Waals surface area (Å²) in [6.07, 6.45) is 6.55. The Bertz CT molecular complexity index is 1190. The van der Waals surface area contributed by atoms with Crippen LogP contribution in [0.1, 0.15) is 36.3 Å². The third kappa shape index (κ3) is 3.03. The lowest BCUT2D eigenvalue weighted by Gasteiger charge is -2.18. The van der Waals surface area contributed by atoms with Crippen LogP contribution in [-0.4, -0.2) is 37.4 Å². The largest absolute Gasteiger partial charge is 0.490 e. The number of nitrogens with zero attached hydrogens (tertiary/aromatic N) is 5. The van der Waals surface area contributed by atoms with Crippen molar-refractivity contribution in [3.8, 4) is 22.9 Å². The van der Waals surface area contributed by atoms with E-state index in [1.54, 1.807) is 0 Å². The highest BCUT2D eigenvalue weighted by atomic mass is 16.5. The molecule has 0 saturated carbocycles. The fourth-order valence-electron chi connectivity index (χ4n) is 3.86. The number of hydrogen-bond acceptors (Lipinski definition) is 5. The molecule has 7 heteroatoms. The van der Waals surface area contributed by atoms with Crippen molar-refractivity contribution in [2.24, 2.45) is 0 Å². The van der Waals surface area contributed by atoms with Crippen molar-refractivity contribution in [3.05, 3.63) is 59.8 Å². The standard InChI is InChI=1S/C22H23N5O2/c1-14-11-15(2)27-22(25-14)18(13-24-27)21-23-7-8-26(21)16(3)17-5-6-19-20(12-17)29-10-4-9-28-19/h5-8,11-13,16H,4,9-10H2,1-3H3. The van der Waals surface area contributed by atoms with Gasteiger partial charge in [0.1, 0.15) is 5.82 Å². The van der Waals surface area contributed by atoms with Crippen molar-refractivity contribution < 1.29 is 9.47 Å². The summed E-state index contributed by atoms with van der Waals surface area (Å²) in [7, 11) is 0. The lowest BCUT2D eigenvalue weighted by Crippen LogP contribution is -2.08. The van der Waals surface area contributed by atoms with Crippen LogP contribution in [0.2, 0.25) is 0 Å². The number of fused-ring (bicyclic) bond motifs is 2. The average molecular weight is 389 g/mol. The van der Waals surface area contributed by atoms with E-state index in [0.29, 0.717) is 13.2 Å².